The second-order valence-electron chi connectivity index (χ2n) is 3.91. The van der Waals surface area contributed by atoms with Crippen molar-refractivity contribution in [2.24, 2.45) is 5.14 Å². The quantitative estimate of drug-likeness (QED) is 0.763. The summed E-state index contributed by atoms with van der Waals surface area (Å²) in [5, 5.41) is 13.9. The lowest BCUT2D eigenvalue weighted by molar-refractivity contribution is -0.140. The summed E-state index contributed by atoms with van der Waals surface area (Å²) in [4.78, 5) is 24.5. The van der Waals surface area contributed by atoms with Crippen LogP contribution >= 0.6 is 11.9 Å². The van der Waals surface area contributed by atoms with Gasteiger partial charge in [-0.3, -0.25) is 14.7 Å². The fourth-order valence-electron chi connectivity index (χ4n) is 1.44. The average Bonchev–Trinajstić information content (AvgIpc) is 2.36. The summed E-state index contributed by atoms with van der Waals surface area (Å²) in [6, 6.07) is 7.57. The summed E-state index contributed by atoms with van der Waals surface area (Å²) < 4.78 is 0. The van der Waals surface area contributed by atoms with Crippen molar-refractivity contribution in [3.63, 3.8) is 0 Å². The van der Waals surface area contributed by atoms with Gasteiger partial charge in [-0.15, -0.1) is 0 Å². The number of carboxylic acid groups (broad SMARTS) is 1. The molecule has 98 valence electrons. The first-order valence-corrected chi connectivity index (χ1v) is 6.32. The highest BCUT2D eigenvalue weighted by Crippen LogP contribution is 2.13. The molecule has 0 saturated carbocycles. The average molecular weight is 268 g/mol. The molecule has 0 unspecified atom stereocenters. The minimum absolute atomic E-state index is 0.0303. The van der Waals surface area contributed by atoms with Gasteiger partial charge in [0.25, 0.3) is 0 Å². The predicted octanol–water partition coefficient (Wildman–Crippen LogP) is 1.48. The SMILES string of the molecule is CN(Cc1ccc(SN)cc1)C(=O)CCC(=O)O. The van der Waals surface area contributed by atoms with E-state index in [0.29, 0.717) is 6.54 Å². The molecule has 18 heavy (non-hydrogen) atoms. The molecular formula is C12H16N2O3S. The lowest BCUT2D eigenvalue weighted by Crippen LogP contribution is -2.26. The lowest BCUT2D eigenvalue weighted by atomic mass is 10.2. The van der Waals surface area contributed by atoms with Gasteiger partial charge >= 0.3 is 5.97 Å². The van der Waals surface area contributed by atoms with E-state index in [1.807, 2.05) is 24.3 Å². The number of carbonyl (C=O) groups excluding carboxylic acids is 1. The van der Waals surface area contributed by atoms with Crippen LogP contribution in [0.4, 0.5) is 0 Å². The van der Waals surface area contributed by atoms with Crippen LogP contribution in [-0.2, 0) is 16.1 Å². The molecule has 0 fully saturated rings. The third-order valence-electron chi connectivity index (χ3n) is 2.46. The number of hydrogen-bond acceptors (Lipinski definition) is 4. The summed E-state index contributed by atoms with van der Waals surface area (Å²) in [7, 11) is 1.66. The van der Waals surface area contributed by atoms with Gasteiger partial charge in [-0.25, -0.2) is 0 Å². The molecule has 5 nitrogen and oxygen atoms in total. The largest absolute Gasteiger partial charge is 0.481 e. The van der Waals surface area contributed by atoms with Crippen LogP contribution in [-0.4, -0.2) is 28.9 Å². The maximum absolute atomic E-state index is 11.6. The number of rotatable bonds is 6. The van der Waals surface area contributed by atoms with Crippen molar-refractivity contribution >= 4 is 23.8 Å². The van der Waals surface area contributed by atoms with Gasteiger partial charge in [-0.2, -0.15) is 0 Å². The molecule has 0 aliphatic rings. The van der Waals surface area contributed by atoms with Crippen LogP contribution in [0.25, 0.3) is 0 Å². The Hall–Kier alpha value is -1.53. The molecule has 0 atom stereocenters. The first kappa shape index (κ1) is 14.5. The Bertz CT molecular complexity index is 420. The van der Waals surface area contributed by atoms with Crippen LogP contribution in [0.1, 0.15) is 18.4 Å². The molecule has 0 heterocycles. The van der Waals surface area contributed by atoms with E-state index in [0.717, 1.165) is 10.5 Å². The topological polar surface area (TPSA) is 83.6 Å². The Morgan fingerprint density at radius 2 is 1.89 bits per heavy atom. The molecule has 1 rings (SSSR count). The molecule has 0 aliphatic heterocycles. The molecule has 6 heteroatoms. The first-order valence-electron chi connectivity index (χ1n) is 5.44. The van der Waals surface area contributed by atoms with Crippen molar-refractivity contribution in [2.75, 3.05) is 7.05 Å². The number of aliphatic carboxylic acids is 1. The summed E-state index contributed by atoms with van der Waals surface area (Å²) in [6.07, 6.45) is -0.103. The normalized spacial score (nSPS) is 10.1. The Labute approximate surface area is 110 Å². The highest BCUT2D eigenvalue weighted by Gasteiger charge is 2.11. The molecule has 0 radical (unpaired) electrons. The number of amides is 1. The third kappa shape index (κ3) is 4.77. The van der Waals surface area contributed by atoms with E-state index in [9.17, 15) is 9.59 Å². The van der Waals surface area contributed by atoms with E-state index >= 15 is 0 Å². The number of carbonyl (C=O) groups is 2. The maximum atomic E-state index is 11.6. The zero-order valence-corrected chi connectivity index (χ0v) is 10.9. The van der Waals surface area contributed by atoms with Gasteiger partial charge in [-0.05, 0) is 29.6 Å². The maximum Gasteiger partial charge on any atom is 0.303 e. The van der Waals surface area contributed by atoms with Crippen LogP contribution in [0, 0.1) is 0 Å². The van der Waals surface area contributed by atoms with E-state index in [-0.39, 0.29) is 18.7 Å². The zero-order chi connectivity index (χ0) is 13.5. The second kappa shape index (κ2) is 7.03. The van der Waals surface area contributed by atoms with E-state index in [1.54, 1.807) is 7.05 Å². The van der Waals surface area contributed by atoms with Gasteiger partial charge in [0.1, 0.15) is 0 Å². The van der Waals surface area contributed by atoms with Crippen molar-refractivity contribution in [1.29, 1.82) is 0 Å². The van der Waals surface area contributed by atoms with Gasteiger partial charge in [0.05, 0.1) is 6.42 Å². The summed E-state index contributed by atoms with van der Waals surface area (Å²) >= 11 is 1.17. The van der Waals surface area contributed by atoms with Crippen LogP contribution in [0.5, 0.6) is 0 Å². The number of nitrogens with zero attached hydrogens (tertiary/aromatic N) is 1. The van der Waals surface area contributed by atoms with Gasteiger partial charge in [0, 0.05) is 24.9 Å². The molecule has 1 aromatic carbocycles. The highest BCUT2D eigenvalue weighted by molar-refractivity contribution is 7.97. The van der Waals surface area contributed by atoms with Crippen LogP contribution in [0.3, 0.4) is 0 Å². The Balaban J connectivity index is 2.49. The third-order valence-corrected chi connectivity index (χ3v) is 3.00. The Morgan fingerprint density at radius 3 is 2.39 bits per heavy atom. The molecule has 0 bridgehead atoms. The summed E-state index contributed by atoms with van der Waals surface area (Å²) in [5.41, 5.74) is 0.985. The number of benzene rings is 1. The number of carboxylic acids is 1. The number of hydrogen-bond donors (Lipinski definition) is 2. The molecule has 1 amide bonds. The van der Waals surface area contributed by atoms with Gasteiger partial charge in [0.15, 0.2) is 0 Å². The van der Waals surface area contributed by atoms with Crippen LogP contribution in [0.15, 0.2) is 29.2 Å². The smallest absolute Gasteiger partial charge is 0.303 e. The van der Waals surface area contributed by atoms with E-state index < -0.39 is 5.97 Å². The van der Waals surface area contributed by atoms with Crippen molar-refractivity contribution in [1.82, 2.24) is 4.90 Å². The van der Waals surface area contributed by atoms with Gasteiger partial charge in [-0.1, -0.05) is 12.1 Å². The van der Waals surface area contributed by atoms with E-state index in [4.69, 9.17) is 10.2 Å². The van der Waals surface area contributed by atoms with Gasteiger partial charge < -0.3 is 10.0 Å². The summed E-state index contributed by atoms with van der Waals surface area (Å²) in [6.45, 7) is 0.466. The molecular weight excluding hydrogens is 252 g/mol. The Morgan fingerprint density at radius 1 is 1.28 bits per heavy atom. The molecule has 3 N–H and O–H groups in total. The lowest BCUT2D eigenvalue weighted by Gasteiger charge is -2.17. The molecule has 0 aromatic heterocycles. The highest BCUT2D eigenvalue weighted by atomic mass is 32.2. The molecule has 0 spiro atoms. The van der Waals surface area contributed by atoms with Crippen molar-refractivity contribution in [2.45, 2.75) is 24.3 Å². The van der Waals surface area contributed by atoms with Gasteiger partial charge in [0.2, 0.25) is 5.91 Å². The van der Waals surface area contributed by atoms with Crippen molar-refractivity contribution in [3.8, 4) is 0 Å². The minimum Gasteiger partial charge on any atom is -0.481 e. The van der Waals surface area contributed by atoms with E-state index in [2.05, 4.69) is 0 Å². The fourth-order valence-corrected chi connectivity index (χ4v) is 1.73. The zero-order valence-electron chi connectivity index (χ0n) is 10.1. The van der Waals surface area contributed by atoms with Crippen LogP contribution in [0.2, 0.25) is 0 Å². The standard InChI is InChI=1S/C12H16N2O3S/c1-14(11(15)6-7-12(16)17)8-9-2-4-10(18-13)5-3-9/h2-5H,6-8,13H2,1H3,(H,16,17). The fraction of sp³-hybridized carbons (Fsp3) is 0.333. The Kier molecular flexibility index (Phi) is 5.67. The van der Waals surface area contributed by atoms with Crippen molar-refractivity contribution in [3.05, 3.63) is 29.8 Å². The number of nitrogens with two attached hydrogens (primary N) is 1. The minimum atomic E-state index is -0.957. The molecule has 0 saturated heterocycles. The predicted molar refractivity (Wildman–Crippen MR) is 69.8 cm³/mol. The monoisotopic (exact) mass is 268 g/mol. The van der Waals surface area contributed by atoms with E-state index in [1.165, 1.54) is 16.8 Å². The summed E-state index contributed by atoms with van der Waals surface area (Å²) in [5.74, 6) is -1.13. The van der Waals surface area contributed by atoms with Crippen LogP contribution < -0.4 is 5.14 Å². The molecule has 1 aromatic rings. The second-order valence-corrected chi connectivity index (χ2v) is 4.61. The first-order chi connectivity index (χ1) is 8.52. The van der Waals surface area contributed by atoms with Crippen molar-refractivity contribution < 1.29 is 14.7 Å². The molecule has 0 aliphatic carbocycles.